The van der Waals surface area contributed by atoms with Gasteiger partial charge >= 0.3 is 5.97 Å². The zero-order chi connectivity index (χ0) is 22.4. The van der Waals surface area contributed by atoms with E-state index in [0.717, 1.165) is 11.6 Å². The highest BCUT2D eigenvalue weighted by Crippen LogP contribution is 2.27. The second-order valence-corrected chi connectivity index (χ2v) is 6.99. The summed E-state index contributed by atoms with van der Waals surface area (Å²) in [6.07, 6.45) is -4.37. The molecular weight excluding hydrogens is 408 g/mol. The van der Waals surface area contributed by atoms with E-state index in [-0.39, 0.29) is 18.1 Å². The second-order valence-electron chi connectivity index (χ2n) is 6.99. The summed E-state index contributed by atoms with van der Waals surface area (Å²) in [4.78, 5) is 12.2. The van der Waals surface area contributed by atoms with Crippen molar-refractivity contribution < 1.29 is 44.5 Å². The van der Waals surface area contributed by atoms with E-state index in [9.17, 15) is 30.3 Å². The first kappa shape index (κ1) is 22.7. The van der Waals surface area contributed by atoms with Crippen LogP contribution >= 0.6 is 0 Å². The monoisotopic (exact) mass is 432 g/mol. The van der Waals surface area contributed by atoms with E-state index in [4.69, 9.17) is 14.2 Å². The molecule has 166 valence electrons. The fourth-order valence-corrected chi connectivity index (χ4v) is 3.07. The number of phenolic OH excluding ortho intramolecular Hbond substituents is 2. The molecule has 5 atom stereocenters. The number of rotatable bonds is 7. The zero-order valence-corrected chi connectivity index (χ0v) is 16.4. The summed E-state index contributed by atoms with van der Waals surface area (Å²) in [5.41, 5.74) is 1.24. The standard InChI is InChI=1S/C22H24O9/c23-11-17-21(31-18(26)9-7-13-6-8-15(24)16(25)10-13)19(27)20(28)22(30-17)29-12-14-4-2-1-3-5-14/h1-10,17,19-25,27-28H,11-12H2/t17-,19-,20-,21-,22-/m1/s1. The maximum Gasteiger partial charge on any atom is 0.331 e. The van der Waals surface area contributed by atoms with Crippen LogP contribution in [0.4, 0.5) is 0 Å². The quantitative estimate of drug-likeness (QED) is 0.242. The summed E-state index contributed by atoms with van der Waals surface area (Å²) in [6, 6.07) is 13.1. The lowest BCUT2D eigenvalue weighted by atomic mass is 9.99. The molecule has 1 fully saturated rings. The van der Waals surface area contributed by atoms with Gasteiger partial charge in [-0.15, -0.1) is 0 Å². The molecule has 9 nitrogen and oxygen atoms in total. The minimum atomic E-state index is -1.55. The Bertz CT molecular complexity index is 897. The number of hydrogen-bond donors (Lipinski definition) is 5. The first-order chi connectivity index (χ1) is 14.9. The third-order valence-electron chi connectivity index (χ3n) is 4.74. The molecule has 2 aromatic rings. The van der Waals surface area contributed by atoms with Crippen LogP contribution in [-0.4, -0.2) is 68.8 Å². The van der Waals surface area contributed by atoms with E-state index in [1.807, 2.05) is 30.3 Å². The van der Waals surface area contributed by atoms with Gasteiger partial charge in [-0.25, -0.2) is 4.79 Å². The van der Waals surface area contributed by atoms with Crippen molar-refractivity contribution in [2.75, 3.05) is 6.61 Å². The molecule has 0 aliphatic carbocycles. The lowest BCUT2D eigenvalue weighted by molar-refractivity contribution is -0.305. The lowest BCUT2D eigenvalue weighted by Crippen LogP contribution is -2.60. The van der Waals surface area contributed by atoms with E-state index >= 15 is 0 Å². The van der Waals surface area contributed by atoms with Gasteiger partial charge < -0.3 is 39.7 Å². The number of carbonyl (C=O) groups excluding carboxylic acids is 1. The van der Waals surface area contributed by atoms with Crippen molar-refractivity contribution in [1.29, 1.82) is 0 Å². The average Bonchev–Trinajstić information content (AvgIpc) is 2.78. The number of aliphatic hydroxyl groups is 3. The zero-order valence-electron chi connectivity index (χ0n) is 16.4. The van der Waals surface area contributed by atoms with Crippen LogP contribution < -0.4 is 0 Å². The van der Waals surface area contributed by atoms with Crippen molar-refractivity contribution in [1.82, 2.24) is 0 Å². The molecule has 0 saturated carbocycles. The molecule has 1 aliphatic heterocycles. The summed E-state index contributed by atoms with van der Waals surface area (Å²) < 4.78 is 16.2. The first-order valence-corrected chi connectivity index (χ1v) is 9.57. The smallest absolute Gasteiger partial charge is 0.331 e. The fraction of sp³-hybridized carbons (Fsp3) is 0.318. The van der Waals surface area contributed by atoms with Crippen LogP contribution in [0.5, 0.6) is 11.5 Å². The number of benzene rings is 2. The van der Waals surface area contributed by atoms with Crippen molar-refractivity contribution in [3.63, 3.8) is 0 Å². The minimum Gasteiger partial charge on any atom is -0.504 e. The molecule has 9 heteroatoms. The fourth-order valence-electron chi connectivity index (χ4n) is 3.07. The second kappa shape index (κ2) is 10.4. The predicted molar refractivity (Wildman–Crippen MR) is 108 cm³/mol. The average molecular weight is 432 g/mol. The number of hydrogen-bond acceptors (Lipinski definition) is 9. The maximum absolute atomic E-state index is 12.2. The van der Waals surface area contributed by atoms with Crippen molar-refractivity contribution in [3.8, 4) is 11.5 Å². The van der Waals surface area contributed by atoms with Crippen LogP contribution in [0.1, 0.15) is 11.1 Å². The first-order valence-electron chi connectivity index (χ1n) is 9.57. The van der Waals surface area contributed by atoms with Gasteiger partial charge in [0.1, 0.15) is 18.3 Å². The third-order valence-corrected chi connectivity index (χ3v) is 4.74. The Morgan fingerprint density at radius 1 is 1.03 bits per heavy atom. The van der Waals surface area contributed by atoms with Crippen LogP contribution in [0.2, 0.25) is 0 Å². The van der Waals surface area contributed by atoms with Crippen LogP contribution in [0.3, 0.4) is 0 Å². The number of aromatic hydroxyl groups is 2. The van der Waals surface area contributed by atoms with Gasteiger partial charge in [0, 0.05) is 6.08 Å². The SMILES string of the molecule is O=C(C=Cc1ccc(O)c(O)c1)O[C@H]1[C@H](O)[C@@H](O)[C@H](OCc2ccccc2)O[C@@H]1CO. The Hall–Kier alpha value is -2.95. The van der Waals surface area contributed by atoms with Gasteiger partial charge in [-0.1, -0.05) is 36.4 Å². The summed E-state index contributed by atoms with van der Waals surface area (Å²) in [5, 5.41) is 49.2. The molecule has 31 heavy (non-hydrogen) atoms. The van der Waals surface area contributed by atoms with Crippen LogP contribution in [0.15, 0.2) is 54.6 Å². The third kappa shape index (κ3) is 5.81. The normalized spacial score (nSPS) is 26.1. The molecule has 0 spiro atoms. The number of ether oxygens (including phenoxy) is 3. The lowest BCUT2D eigenvalue weighted by Gasteiger charge is -2.41. The largest absolute Gasteiger partial charge is 0.504 e. The Balaban J connectivity index is 1.61. The predicted octanol–water partition coefficient (Wildman–Crippen LogP) is 0.679. The number of aliphatic hydroxyl groups excluding tert-OH is 3. The molecule has 2 aromatic carbocycles. The Morgan fingerprint density at radius 3 is 2.45 bits per heavy atom. The topological polar surface area (TPSA) is 146 Å². The highest BCUT2D eigenvalue weighted by atomic mass is 16.7. The van der Waals surface area contributed by atoms with E-state index in [2.05, 4.69) is 0 Å². The Labute approximate surface area is 178 Å². The van der Waals surface area contributed by atoms with Gasteiger partial charge in [-0.2, -0.15) is 0 Å². The van der Waals surface area contributed by atoms with Crippen LogP contribution in [0, 0.1) is 0 Å². The van der Waals surface area contributed by atoms with Gasteiger partial charge in [0.25, 0.3) is 0 Å². The van der Waals surface area contributed by atoms with Crippen molar-refractivity contribution in [2.45, 2.75) is 37.3 Å². The molecule has 1 aliphatic rings. The summed E-state index contributed by atoms with van der Waals surface area (Å²) >= 11 is 0. The molecule has 5 N–H and O–H groups in total. The van der Waals surface area contributed by atoms with Crippen molar-refractivity contribution in [3.05, 3.63) is 65.7 Å². The van der Waals surface area contributed by atoms with Gasteiger partial charge in [-0.05, 0) is 29.3 Å². The Kier molecular flexibility index (Phi) is 7.61. The maximum atomic E-state index is 12.2. The van der Waals surface area contributed by atoms with Crippen LogP contribution in [0.25, 0.3) is 6.08 Å². The van der Waals surface area contributed by atoms with Crippen molar-refractivity contribution >= 4 is 12.0 Å². The van der Waals surface area contributed by atoms with Gasteiger partial charge in [-0.3, -0.25) is 0 Å². The van der Waals surface area contributed by atoms with Gasteiger partial charge in [0.15, 0.2) is 23.9 Å². The molecule has 0 aromatic heterocycles. The van der Waals surface area contributed by atoms with Crippen molar-refractivity contribution in [2.24, 2.45) is 0 Å². The molecule has 1 saturated heterocycles. The number of esters is 1. The molecule has 0 amide bonds. The molecule has 1 heterocycles. The number of carbonyl (C=O) groups is 1. The van der Waals surface area contributed by atoms with Crippen LogP contribution in [-0.2, 0) is 25.6 Å². The molecular formula is C22H24O9. The van der Waals surface area contributed by atoms with E-state index in [0.29, 0.717) is 5.56 Å². The van der Waals surface area contributed by atoms with E-state index < -0.39 is 43.3 Å². The highest BCUT2D eigenvalue weighted by Gasteiger charge is 2.46. The summed E-state index contributed by atoms with van der Waals surface area (Å²) in [5.74, 6) is -1.52. The highest BCUT2D eigenvalue weighted by molar-refractivity contribution is 5.87. The minimum absolute atomic E-state index is 0.111. The molecule has 0 bridgehead atoms. The van der Waals surface area contributed by atoms with Gasteiger partial charge in [0.05, 0.1) is 13.2 Å². The van der Waals surface area contributed by atoms with E-state index in [1.165, 1.54) is 24.3 Å². The molecule has 0 unspecified atom stereocenters. The van der Waals surface area contributed by atoms with E-state index in [1.54, 1.807) is 0 Å². The Morgan fingerprint density at radius 2 is 1.77 bits per heavy atom. The molecule has 0 radical (unpaired) electrons. The van der Waals surface area contributed by atoms with Gasteiger partial charge in [0.2, 0.25) is 0 Å². The number of phenols is 2. The molecule has 3 rings (SSSR count). The summed E-state index contributed by atoms with van der Waals surface area (Å²) in [7, 11) is 0. The summed E-state index contributed by atoms with van der Waals surface area (Å²) in [6.45, 7) is -0.470.